The van der Waals surface area contributed by atoms with Crippen LogP contribution in [0.2, 0.25) is 0 Å². The van der Waals surface area contributed by atoms with Crippen molar-refractivity contribution in [2.45, 2.75) is 32.6 Å². The number of hydrogen-bond acceptors (Lipinski definition) is 2. The minimum absolute atomic E-state index is 0.122. The predicted octanol–water partition coefficient (Wildman–Crippen LogP) is 1.24. The summed E-state index contributed by atoms with van der Waals surface area (Å²) in [5, 5.41) is 0. The molecule has 1 amide bonds. The molecule has 0 saturated heterocycles. The second kappa shape index (κ2) is 4.34. The van der Waals surface area contributed by atoms with E-state index < -0.39 is 0 Å². The monoisotopic (exact) mass is 157 g/mol. The molecule has 0 aromatic heterocycles. The van der Waals surface area contributed by atoms with Crippen molar-refractivity contribution in [1.82, 2.24) is 5.48 Å². The van der Waals surface area contributed by atoms with Crippen LogP contribution in [0.4, 0.5) is 0 Å². The Kier molecular flexibility index (Phi) is 3.36. The van der Waals surface area contributed by atoms with Gasteiger partial charge >= 0.3 is 0 Å². The Bertz CT molecular complexity index is 130. The van der Waals surface area contributed by atoms with E-state index >= 15 is 0 Å². The van der Waals surface area contributed by atoms with Crippen molar-refractivity contribution >= 4 is 5.91 Å². The fourth-order valence-electron chi connectivity index (χ4n) is 1.44. The molecule has 0 radical (unpaired) electrons. The number of rotatable bonds is 3. The lowest BCUT2D eigenvalue weighted by Gasteiger charge is -2.08. The molecule has 1 saturated carbocycles. The van der Waals surface area contributed by atoms with Crippen LogP contribution >= 0.6 is 0 Å². The van der Waals surface area contributed by atoms with Gasteiger partial charge in [0.15, 0.2) is 0 Å². The van der Waals surface area contributed by atoms with Crippen LogP contribution < -0.4 is 5.48 Å². The normalized spacial score (nSPS) is 18.6. The lowest BCUT2D eigenvalue weighted by Crippen LogP contribution is -2.23. The van der Waals surface area contributed by atoms with E-state index in [1.54, 1.807) is 0 Å². The maximum absolute atomic E-state index is 10.4. The molecule has 0 aliphatic heterocycles. The highest BCUT2D eigenvalue weighted by Crippen LogP contribution is 2.24. The van der Waals surface area contributed by atoms with E-state index in [-0.39, 0.29) is 5.91 Å². The first-order chi connectivity index (χ1) is 5.29. The topological polar surface area (TPSA) is 38.3 Å². The molecule has 1 rings (SSSR count). The third-order valence-electron chi connectivity index (χ3n) is 2.01. The molecule has 0 unspecified atom stereocenters. The Morgan fingerprint density at radius 3 is 2.73 bits per heavy atom. The van der Waals surface area contributed by atoms with Crippen LogP contribution in [0.1, 0.15) is 32.6 Å². The van der Waals surface area contributed by atoms with E-state index in [0.717, 1.165) is 0 Å². The summed E-state index contributed by atoms with van der Waals surface area (Å²) in [5.74, 6) is 0.546. The molecule has 0 heterocycles. The third-order valence-corrected chi connectivity index (χ3v) is 2.01. The minimum atomic E-state index is -0.122. The molecule has 11 heavy (non-hydrogen) atoms. The van der Waals surface area contributed by atoms with Gasteiger partial charge in [-0.3, -0.25) is 9.63 Å². The van der Waals surface area contributed by atoms with Gasteiger partial charge in [0.25, 0.3) is 0 Å². The minimum Gasteiger partial charge on any atom is -0.273 e. The molecule has 0 aromatic rings. The van der Waals surface area contributed by atoms with Gasteiger partial charge < -0.3 is 0 Å². The quantitative estimate of drug-likeness (QED) is 0.626. The molecular weight excluding hydrogens is 142 g/mol. The fraction of sp³-hybridized carbons (Fsp3) is 0.875. The maximum atomic E-state index is 10.4. The largest absolute Gasteiger partial charge is 0.273 e. The number of nitrogens with one attached hydrogen (secondary N) is 1. The van der Waals surface area contributed by atoms with Crippen molar-refractivity contribution < 1.29 is 9.63 Å². The van der Waals surface area contributed by atoms with Crippen molar-refractivity contribution in [2.75, 3.05) is 6.61 Å². The molecule has 0 atom stereocenters. The van der Waals surface area contributed by atoms with E-state index in [2.05, 4.69) is 5.48 Å². The summed E-state index contributed by atoms with van der Waals surface area (Å²) >= 11 is 0. The molecule has 0 spiro atoms. The van der Waals surface area contributed by atoms with Crippen molar-refractivity contribution in [2.24, 2.45) is 5.92 Å². The van der Waals surface area contributed by atoms with E-state index in [9.17, 15) is 4.79 Å². The molecule has 3 heteroatoms. The molecule has 1 fully saturated rings. The number of carbonyl (C=O) groups excluding carboxylic acids is 1. The smallest absolute Gasteiger partial charge is 0.240 e. The van der Waals surface area contributed by atoms with Crippen LogP contribution in [0, 0.1) is 5.92 Å². The van der Waals surface area contributed by atoms with Crippen LogP contribution in [0.15, 0.2) is 0 Å². The molecule has 1 aliphatic carbocycles. The molecule has 1 N–H and O–H groups in total. The Balaban J connectivity index is 1.98. The second-order valence-corrected chi connectivity index (χ2v) is 3.12. The van der Waals surface area contributed by atoms with Gasteiger partial charge in [-0.05, 0) is 18.8 Å². The maximum Gasteiger partial charge on any atom is 0.240 e. The first-order valence-electron chi connectivity index (χ1n) is 4.17. The van der Waals surface area contributed by atoms with E-state index in [0.29, 0.717) is 12.5 Å². The van der Waals surface area contributed by atoms with Gasteiger partial charge in [-0.15, -0.1) is 0 Å². The Morgan fingerprint density at radius 2 is 2.18 bits per heavy atom. The number of carbonyl (C=O) groups is 1. The fourth-order valence-corrected chi connectivity index (χ4v) is 1.44. The van der Waals surface area contributed by atoms with Gasteiger partial charge in [-0.25, -0.2) is 5.48 Å². The highest BCUT2D eigenvalue weighted by atomic mass is 16.6. The van der Waals surface area contributed by atoms with Gasteiger partial charge in [-0.2, -0.15) is 0 Å². The zero-order valence-corrected chi connectivity index (χ0v) is 6.93. The lowest BCUT2D eigenvalue weighted by atomic mass is 10.1. The number of amides is 1. The summed E-state index contributed by atoms with van der Waals surface area (Å²) in [4.78, 5) is 15.4. The van der Waals surface area contributed by atoms with Gasteiger partial charge in [-0.1, -0.05) is 12.8 Å². The van der Waals surface area contributed by atoms with E-state index in [1.165, 1.54) is 32.6 Å². The summed E-state index contributed by atoms with van der Waals surface area (Å²) < 4.78 is 0. The average molecular weight is 157 g/mol. The van der Waals surface area contributed by atoms with E-state index in [4.69, 9.17) is 4.84 Å². The Hall–Kier alpha value is -0.570. The number of hydrogen-bond donors (Lipinski definition) is 1. The lowest BCUT2D eigenvalue weighted by molar-refractivity contribution is -0.132. The molecule has 0 aromatic carbocycles. The van der Waals surface area contributed by atoms with Crippen LogP contribution in [-0.4, -0.2) is 12.5 Å². The van der Waals surface area contributed by atoms with Crippen molar-refractivity contribution in [3.63, 3.8) is 0 Å². The first-order valence-corrected chi connectivity index (χ1v) is 4.17. The van der Waals surface area contributed by atoms with Crippen molar-refractivity contribution in [1.29, 1.82) is 0 Å². The van der Waals surface area contributed by atoms with Crippen molar-refractivity contribution in [3.05, 3.63) is 0 Å². The molecule has 64 valence electrons. The SMILES string of the molecule is CC(=O)NOCC1CCCC1. The predicted molar refractivity (Wildman–Crippen MR) is 41.7 cm³/mol. The van der Waals surface area contributed by atoms with Crippen LogP contribution in [0.5, 0.6) is 0 Å². The van der Waals surface area contributed by atoms with E-state index in [1.807, 2.05) is 0 Å². The van der Waals surface area contributed by atoms with Crippen LogP contribution in [0.3, 0.4) is 0 Å². The second-order valence-electron chi connectivity index (χ2n) is 3.12. The van der Waals surface area contributed by atoms with Crippen LogP contribution in [0.25, 0.3) is 0 Å². The summed E-state index contributed by atoms with van der Waals surface area (Å²) in [6, 6.07) is 0. The third kappa shape index (κ3) is 3.37. The Labute approximate surface area is 67.1 Å². The summed E-state index contributed by atoms with van der Waals surface area (Å²) in [6.07, 6.45) is 5.13. The Morgan fingerprint density at radius 1 is 1.55 bits per heavy atom. The summed E-state index contributed by atoms with van der Waals surface area (Å²) in [6.45, 7) is 2.13. The summed E-state index contributed by atoms with van der Waals surface area (Å²) in [5.41, 5.74) is 2.33. The zero-order chi connectivity index (χ0) is 8.10. The van der Waals surface area contributed by atoms with Gasteiger partial charge in [0, 0.05) is 6.92 Å². The molecular formula is C8H15NO2. The summed E-state index contributed by atoms with van der Waals surface area (Å²) in [7, 11) is 0. The average Bonchev–Trinajstić information content (AvgIpc) is 2.39. The molecule has 3 nitrogen and oxygen atoms in total. The van der Waals surface area contributed by atoms with Gasteiger partial charge in [0.1, 0.15) is 0 Å². The van der Waals surface area contributed by atoms with Crippen molar-refractivity contribution in [3.8, 4) is 0 Å². The highest BCUT2D eigenvalue weighted by Gasteiger charge is 2.14. The molecule has 1 aliphatic rings. The van der Waals surface area contributed by atoms with Gasteiger partial charge in [0.2, 0.25) is 5.91 Å². The first kappa shape index (κ1) is 8.53. The number of hydroxylamine groups is 1. The van der Waals surface area contributed by atoms with Gasteiger partial charge in [0.05, 0.1) is 6.61 Å². The molecule has 0 bridgehead atoms. The highest BCUT2D eigenvalue weighted by molar-refractivity contribution is 5.71. The standard InChI is InChI=1S/C8H15NO2/c1-7(10)9-11-6-8-4-2-3-5-8/h8H,2-6H2,1H3,(H,9,10). The van der Waals surface area contributed by atoms with Crippen LogP contribution in [-0.2, 0) is 9.63 Å². The zero-order valence-electron chi connectivity index (χ0n) is 6.93.